The summed E-state index contributed by atoms with van der Waals surface area (Å²) in [6.45, 7) is 9.05. The van der Waals surface area contributed by atoms with Gasteiger partial charge in [-0.1, -0.05) is 168 Å². The Balaban J connectivity index is 0. The van der Waals surface area contributed by atoms with Crippen molar-refractivity contribution in [2.24, 2.45) is 0 Å². The maximum atomic E-state index is 11.0. The van der Waals surface area contributed by atoms with Gasteiger partial charge in [0.1, 0.15) is 0 Å². The number of rotatable bonds is 32. The minimum Gasteiger partial charge on any atom is -0.550 e. The van der Waals surface area contributed by atoms with Gasteiger partial charge in [0.2, 0.25) is 0 Å². The molecule has 0 fully saturated rings. The third kappa shape index (κ3) is 33.4. The number of carboxylic acid groups (broad SMARTS) is 1. The average Bonchev–Trinajstić information content (AvgIpc) is 2.91. The van der Waals surface area contributed by atoms with Crippen molar-refractivity contribution in [2.75, 3.05) is 13.1 Å². The second-order valence-electron chi connectivity index (χ2n) is 12.3. The normalized spacial score (nSPS) is 12.1. The summed E-state index contributed by atoms with van der Waals surface area (Å²) in [7, 11) is 0. The minimum atomic E-state index is -0.904. The summed E-state index contributed by atoms with van der Waals surface area (Å²) in [5.74, 6) is -0.904. The summed E-state index contributed by atoms with van der Waals surface area (Å²) in [4.78, 5) is 13.5. The molecule has 1 atom stereocenters. The van der Waals surface area contributed by atoms with Crippen molar-refractivity contribution in [1.82, 2.24) is 4.90 Å². The molecule has 0 bridgehead atoms. The number of hydrogen-bond acceptors (Lipinski definition) is 3. The molecule has 3 nitrogen and oxygen atoms in total. The van der Waals surface area contributed by atoms with E-state index < -0.39 is 5.97 Å². The van der Waals surface area contributed by atoms with Crippen molar-refractivity contribution in [1.29, 1.82) is 0 Å². The van der Waals surface area contributed by atoms with Crippen molar-refractivity contribution in [3.63, 3.8) is 0 Å². The van der Waals surface area contributed by atoms with E-state index in [0.717, 1.165) is 19.5 Å². The number of aliphatic carboxylic acids is 1. The zero-order valence-electron chi connectivity index (χ0n) is 27.6. The average molecular weight is 576 g/mol. The van der Waals surface area contributed by atoms with Crippen molar-refractivity contribution >= 4 is 5.97 Å². The molecule has 0 aliphatic carbocycles. The molecule has 228 valence electrons. The number of hydrogen-bond donors (Lipinski definition) is 0. The van der Waals surface area contributed by atoms with E-state index in [1.165, 1.54) is 167 Å². The molecule has 0 saturated carbocycles. The van der Waals surface area contributed by atoms with Gasteiger partial charge >= 0.3 is 51.4 Å². The molecule has 4 heteroatoms. The molecule has 0 N–H and O–H groups in total. The zero-order valence-corrected chi connectivity index (χ0v) is 30.7. The van der Waals surface area contributed by atoms with Gasteiger partial charge in [-0.05, 0) is 45.7 Å². The molecular weight excluding hydrogens is 505 g/mol. The van der Waals surface area contributed by atoms with Crippen LogP contribution in [-0.2, 0) is 4.79 Å². The Hall–Kier alpha value is 1.07. The molecule has 0 amide bonds. The Labute approximate surface area is 289 Å². The van der Waals surface area contributed by atoms with E-state index in [0.29, 0.717) is 6.04 Å². The molecular formula is C35H70KNO2. The smallest absolute Gasteiger partial charge is 0.550 e. The maximum absolute atomic E-state index is 11.0. The standard InChI is InChI=1S/C35H71NO2.K/c1-4-6-8-10-12-14-16-18-20-22-24-26-28-32-36(34(3)30-31-35(37)38)33-29-27-25-23-21-19-17-15-13-11-9-7-5-2;/h34H,4-33H2,1-3H3,(H,37,38);/q;+1/p-1. The van der Waals surface area contributed by atoms with E-state index in [2.05, 4.69) is 25.7 Å². The van der Waals surface area contributed by atoms with Gasteiger partial charge < -0.3 is 14.8 Å². The third-order valence-corrected chi connectivity index (χ3v) is 8.49. The van der Waals surface area contributed by atoms with Crippen molar-refractivity contribution < 1.29 is 61.3 Å². The van der Waals surface area contributed by atoms with Crippen LogP contribution in [0.3, 0.4) is 0 Å². The van der Waals surface area contributed by atoms with E-state index in [1.807, 2.05) is 0 Å². The summed E-state index contributed by atoms with van der Waals surface area (Å²) in [5, 5.41) is 11.0. The number of carbonyl (C=O) groups is 1. The van der Waals surface area contributed by atoms with Crippen LogP contribution in [0.15, 0.2) is 0 Å². The van der Waals surface area contributed by atoms with Crippen LogP contribution in [0.5, 0.6) is 0 Å². The molecule has 0 aromatic carbocycles. The predicted octanol–water partition coefficient (Wildman–Crippen LogP) is 7.39. The Morgan fingerprint density at radius 2 is 0.769 bits per heavy atom. The summed E-state index contributed by atoms with van der Waals surface area (Å²) in [5.41, 5.74) is 0. The summed E-state index contributed by atoms with van der Waals surface area (Å²) < 4.78 is 0. The Bertz CT molecular complexity index is 444. The molecule has 39 heavy (non-hydrogen) atoms. The fourth-order valence-electron chi connectivity index (χ4n) is 5.73. The molecule has 0 heterocycles. The van der Waals surface area contributed by atoms with Crippen molar-refractivity contribution in [3.8, 4) is 0 Å². The molecule has 0 aromatic heterocycles. The largest absolute Gasteiger partial charge is 1.00 e. The van der Waals surface area contributed by atoms with Gasteiger partial charge in [0.25, 0.3) is 0 Å². The first-order valence-electron chi connectivity index (χ1n) is 17.6. The van der Waals surface area contributed by atoms with Crippen LogP contribution < -0.4 is 56.5 Å². The van der Waals surface area contributed by atoms with Gasteiger partial charge in [-0.15, -0.1) is 0 Å². The van der Waals surface area contributed by atoms with E-state index in [9.17, 15) is 9.90 Å². The molecule has 0 radical (unpaired) electrons. The predicted molar refractivity (Wildman–Crippen MR) is 167 cm³/mol. The van der Waals surface area contributed by atoms with Gasteiger partial charge in [-0.25, -0.2) is 0 Å². The maximum Gasteiger partial charge on any atom is 1.00 e. The SMILES string of the molecule is CCCCCCCCCCCCCCCN(CCCCCCCCCCCCCCC)C(C)CCC(=O)[O-].[K+]. The van der Waals surface area contributed by atoms with Crippen LogP contribution in [0.1, 0.15) is 201 Å². The van der Waals surface area contributed by atoms with Crippen molar-refractivity contribution in [3.05, 3.63) is 0 Å². The Kier molecular flexibility index (Phi) is 38.2. The molecule has 1 unspecified atom stereocenters. The summed E-state index contributed by atoms with van der Waals surface area (Å²) >= 11 is 0. The Morgan fingerprint density at radius 3 is 1.03 bits per heavy atom. The van der Waals surface area contributed by atoms with Crippen LogP contribution in [0.25, 0.3) is 0 Å². The quantitative estimate of drug-likeness (QED) is 0.0620. The van der Waals surface area contributed by atoms with Crippen molar-refractivity contribution in [2.45, 2.75) is 207 Å². The number of carboxylic acids is 1. The zero-order chi connectivity index (χ0) is 27.9. The molecule has 0 rings (SSSR count). The van der Waals surface area contributed by atoms with Crippen LogP contribution in [0.2, 0.25) is 0 Å². The molecule has 0 aromatic rings. The minimum absolute atomic E-state index is 0. The second-order valence-corrected chi connectivity index (χ2v) is 12.3. The molecule has 0 saturated heterocycles. The molecule has 0 aliphatic rings. The fraction of sp³-hybridized carbons (Fsp3) is 0.971. The van der Waals surface area contributed by atoms with E-state index in [1.54, 1.807) is 0 Å². The van der Waals surface area contributed by atoms with Crippen LogP contribution >= 0.6 is 0 Å². The first-order valence-corrected chi connectivity index (χ1v) is 17.6. The first kappa shape index (κ1) is 42.2. The first-order chi connectivity index (χ1) is 18.6. The van der Waals surface area contributed by atoms with E-state index in [-0.39, 0.29) is 57.8 Å². The van der Waals surface area contributed by atoms with Gasteiger partial charge in [0.15, 0.2) is 0 Å². The van der Waals surface area contributed by atoms with Gasteiger partial charge in [-0.3, -0.25) is 0 Å². The van der Waals surface area contributed by atoms with Gasteiger partial charge in [0, 0.05) is 12.0 Å². The molecule has 0 aliphatic heterocycles. The Morgan fingerprint density at radius 1 is 0.513 bits per heavy atom. The summed E-state index contributed by atoms with van der Waals surface area (Å²) in [6, 6.07) is 0.350. The topological polar surface area (TPSA) is 43.4 Å². The number of nitrogens with zero attached hydrogens (tertiary/aromatic N) is 1. The monoisotopic (exact) mass is 576 g/mol. The summed E-state index contributed by atoms with van der Waals surface area (Å²) in [6.07, 6.45) is 37.0. The van der Waals surface area contributed by atoms with Crippen LogP contribution in [0, 0.1) is 0 Å². The van der Waals surface area contributed by atoms with Crippen LogP contribution in [0.4, 0.5) is 0 Å². The van der Waals surface area contributed by atoms with E-state index >= 15 is 0 Å². The fourth-order valence-corrected chi connectivity index (χ4v) is 5.73. The molecule has 0 spiro atoms. The number of unbranched alkanes of at least 4 members (excludes halogenated alkanes) is 24. The van der Waals surface area contributed by atoms with Crippen LogP contribution in [-0.4, -0.2) is 30.0 Å². The van der Waals surface area contributed by atoms with Gasteiger partial charge in [0.05, 0.1) is 0 Å². The number of carbonyl (C=O) groups excluding carboxylic acids is 1. The van der Waals surface area contributed by atoms with Gasteiger partial charge in [-0.2, -0.15) is 0 Å². The van der Waals surface area contributed by atoms with E-state index in [4.69, 9.17) is 0 Å². The third-order valence-electron chi connectivity index (χ3n) is 8.49. The second kappa shape index (κ2) is 35.3.